The molecule has 3 aromatic rings. The Bertz CT molecular complexity index is 1170. The molecule has 31 heavy (non-hydrogen) atoms. The summed E-state index contributed by atoms with van der Waals surface area (Å²) in [5.41, 5.74) is 1.30. The fourth-order valence-corrected chi connectivity index (χ4v) is 5.53. The molecule has 1 aliphatic heterocycles. The van der Waals surface area contributed by atoms with Crippen molar-refractivity contribution in [3.05, 3.63) is 84.3 Å². The lowest BCUT2D eigenvalue weighted by atomic mass is 10.1. The highest BCUT2D eigenvalue weighted by atomic mass is 32.2. The van der Waals surface area contributed by atoms with Crippen LogP contribution in [-0.2, 0) is 25.8 Å². The Balaban J connectivity index is 1.55. The molecule has 0 saturated carbocycles. The van der Waals surface area contributed by atoms with Crippen LogP contribution >= 0.6 is 0 Å². The summed E-state index contributed by atoms with van der Waals surface area (Å²) in [6.45, 7) is 0.158. The Kier molecular flexibility index (Phi) is 5.90. The van der Waals surface area contributed by atoms with Gasteiger partial charge in [0.2, 0.25) is 11.8 Å². The molecule has 4 rings (SSSR count). The zero-order valence-electron chi connectivity index (χ0n) is 16.7. The number of hydrogen-bond donors (Lipinski definition) is 1. The lowest BCUT2D eigenvalue weighted by Crippen LogP contribution is -2.41. The number of amides is 2. The Labute approximate surface area is 180 Å². The van der Waals surface area contributed by atoms with Gasteiger partial charge in [-0.25, -0.2) is 8.42 Å². The first-order chi connectivity index (χ1) is 15.0. The minimum Gasteiger partial charge on any atom is -0.468 e. The van der Waals surface area contributed by atoms with E-state index in [1.807, 2.05) is 30.3 Å². The lowest BCUT2D eigenvalue weighted by Gasteiger charge is -2.21. The number of sulfone groups is 1. The second-order valence-corrected chi connectivity index (χ2v) is 9.39. The molecule has 0 fully saturated rings. The van der Waals surface area contributed by atoms with Crippen LogP contribution in [0.15, 0.2) is 82.3 Å². The number of para-hydroxylation sites is 1. The maximum absolute atomic E-state index is 13.3. The van der Waals surface area contributed by atoms with Crippen LogP contribution in [-0.4, -0.2) is 33.3 Å². The van der Waals surface area contributed by atoms with Crippen LogP contribution < -0.4 is 10.2 Å². The number of furan rings is 1. The van der Waals surface area contributed by atoms with E-state index in [0.29, 0.717) is 13.0 Å². The number of hydrogen-bond acceptors (Lipinski definition) is 5. The molecule has 0 saturated heterocycles. The molecule has 2 amide bonds. The van der Waals surface area contributed by atoms with Crippen molar-refractivity contribution in [1.82, 2.24) is 5.32 Å². The minimum atomic E-state index is -3.88. The smallest absolute Gasteiger partial charge is 0.240 e. The second-order valence-electron chi connectivity index (χ2n) is 7.29. The Morgan fingerprint density at radius 2 is 1.77 bits per heavy atom. The van der Waals surface area contributed by atoms with E-state index in [-0.39, 0.29) is 35.2 Å². The second kappa shape index (κ2) is 8.77. The lowest BCUT2D eigenvalue weighted by molar-refractivity contribution is -0.123. The van der Waals surface area contributed by atoms with E-state index in [2.05, 4.69) is 5.32 Å². The fraction of sp³-hybridized carbons (Fsp3) is 0.217. The fourth-order valence-electron chi connectivity index (χ4n) is 3.68. The van der Waals surface area contributed by atoms with Crippen LogP contribution in [0, 0.1) is 0 Å². The van der Waals surface area contributed by atoms with E-state index in [1.54, 1.807) is 30.3 Å². The average molecular weight is 439 g/mol. The van der Waals surface area contributed by atoms with Crippen molar-refractivity contribution in [3.63, 3.8) is 0 Å². The number of fused-ring (bicyclic) bond motifs is 1. The van der Waals surface area contributed by atoms with Gasteiger partial charge in [-0.3, -0.25) is 9.59 Å². The predicted octanol–water partition coefficient (Wildman–Crippen LogP) is 2.89. The van der Waals surface area contributed by atoms with E-state index in [4.69, 9.17) is 4.42 Å². The summed E-state index contributed by atoms with van der Waals surface area (Å²) in [5, 5.41) is 1.67. The molecule has 7 nitrogen and oxygen atoms in total. The monoisotopic (exact) mass is 438 g/mol. The molecule has 1 N–H and O–H groups in total. The molecule has 160 valence electrons. The molecule has 2 aromatic carbocycles. The Hall–Kier alpha value is -3.39. The van der Waals surface area contributed by atoms with Crippen molar-refractivity contribution in [2.75, 3.05) is 18.0 Å². The largest absolute Gasteiger partial charge is 0.468 e. The van der Waals surface area contributed by atoms with Crippen LogP contribution in [0.3, 0.4) is 0 Å². The van der Waals surface area contributed by atoms with Crippen LogP contribution in [0.4, 0.5) is 5.69 Å². The van der Waals surface area contributed by atoms with E-state index in [1.165, 1.54) is 17.2 Å². The number of anilines is 1. The van der Waals surface area contributed by atoms with Gasteiger partial charge in [0.05, 0.1) is 23.3 Å². The van der Waals surface area contributed by atoms with Gasteiger partial charge in [0.1, 0.15) is 17.6 Å². The standard InChI is InChI=1S/C23H22N2O5S/c26-22(24-13-12-17-7-2-1-3-8-17)16-25-18-9-4-5-11-20(18)31(28,29)21(15-23(25)27)19-10-6-14-30-19/h1-11,14,21H,12-13,15-16H2,(H,24,26). The van der Waals surface area contributed by atoms with Crippen molar-refractivity contribution >= 4 is 27.3 Å². The van der Waals surface area contributed by atoms with Gasteiger partial charge in [0.25, 0.3) is 0 Å². The molecule has 1 aliphatic rings. The molecule has 0 radical (unpaired) electrons. The third-order valence-corrected chi connectivity index (χ3v) is 7.35. The summed E-state index contributed by atoms with van der Waals surface area (Å²) in [6, 6.07) is 19.1. The minimum absolute atomic E-state index is 0.0133. The average Bonchev–Trinajstić information content (AvgIpc) is 3.28. The Morgan fingerprint density at radius 1 is 1.03 bits per heavy atom. The van der Waals surface area contributed by atoms with E-state index in [0.717, 1.165) is 5.56 Å². The topological polar surface area (TPSA) is 96.7 Å². The summed E-state index contributed by atoms with van der Waals surface area (Å²) in [4.78, 5) is 26.9. The van der Waals surface area contributed by atoms with Gasteiger partial charge in [0.15, 0.2) is 9.84 Å². The first kappa shape index (κ1) is 20.9. The highest BCUT2D eigenvalue weighted by Crippen LogP contribution is 2.40. The third-order valence-electron chi connectivity index (χ3n) is 5.24. The predicted molar refractivity (Wildman–Crippen MR) is 115 cm³/mol. The van der Waals surface area contributed by atoms with Gasteiger partial charge >= 0.3 is 0 Å². The van der Waals surface area contributed by atoms with Gasteiger partial charge in [0, 0.05) is 6.54 Å². The quantitative estimate of drug-likeness (QED) is 0.638. The van der Waals surface area contributed by atoms with Gasteiger partial charge in [-0.05, 0) is 36.2 Å². The van der Waals surface area contributed by atoms with Crippen molar-refractivity contribution in [1.29, 1.82) is 0 Å². The van der Waals surface area contributed by atoms with Crippen molar-refractivity contribution in [2.45, 2.75) is 23.0 Å². The molecule has 0 spiro atoms. The molecule has 0 bridgehead atoms. The normalized spacial score (nSPS) is 17.6. The van der Waals surface area contributed by atoms with Gasteiger partial charge < -0.3 is 14.6 Å². The number of carbonyl (C=O) groups is 2. The highest BCUT2D eigenvalue weighted by molar-refractivity contribution is 7.91. The first-order valence-electron chi connectivity index (χ1n) is 9.94. The van der Waals surface area contributed by atoms with Crippen molar-refractivity contribution in [2.24, 2.45) is 0 Å². The first-order valence-corrected chi connectivity index (χ1v) is 11.5. The number of nitrogens with zero attached hydrogens (tertiary/aromatic N) is 1. The maximum atomic E-state index is 13.3. The molecular formula is C23H22N2O5S. The zero-order chi connectivity index (χ0) is 21.8. The number of carbonyl (C=O) groups excluding carboxylic acids is 2. The summed E-state index contributed by atoms with van der Waals surface area (Å²) in [7, 11) is -3.88. The van der Waals surface area contributed by atoms with Gasteiger partial charge in [-0.15, -0.1) is 0 Å². The Morgan fingerprint density at radius 3 is 2.52 bits per heavy atom. The molecular weight excluding hydrogens is 416 g/mol. The summed E-state index contributed by atoms with van der Waals surface area (Å²) in [5.74, 6) is -0.599. The maximum Gasteiger partial charge on any atom is 0.240 e. The van der Waals surface area contributed by atoms with E-state index >= 15 is 0 Å². The molecule has 0 aliphatic carbocycles. The molecule has 2 heterocycles. The van der Waals surface area contributed by atoms with Crippen LogP contribution in [0.5, 0.6) is 0 Å². The number of rotatable bonds is 6. The van der Waals surface area contributed by atoms with Crippen molar-refractivity contribution < 1.29 is 22.4 Å². The van der Waals surface area contributed by atoms with E-state index in [9.17, 15) is 18.0 Å². The third kappa shape index (κ3) is 4.39. The van der Waals surface area contributed by atoms with E-state index < -0.39 is 21.0 Å². The number of benzene rings is 2. The van der Waals surface area contributed by atoms with Gasteiger partial charge in [-0.2, -0.15) is 0 Å². The van der Waals surface area contributed by atoms with Crippen LogP contribution in [0.25, 0.3) is 0 Å². The molecule has 1 unspecified atom stereocenters. The van der Waals surface area contributed by atoms with Crippen molar-refractivity contribution in [3.8, 4) is 0 Å². The summed E-state index contributed by atoms with van der Waals surface area (Å²) < 4.78 is 31.9. The SMILES string of the molecule is O=C(CN1C(=O)CC(c2ccco2)S(=O)(=O)c2ccccc21)NCCc1ccccc1. The molecule has 1 aromatic heterocycles. The molecule has 8 heteroatoms. The summed E-state index contributed by atoms with van der Waals surface area (Å²) in [6.07, 6.45) is 1.73. The van der Waals surface area contributed by atoms with Crippen LogP contribution in [0.1, 0.15) is 23.0 Å². The summed E-state index contributed by atoms with van der Waals surface area (Å²) >= 11 is 0. The highest BCUT2D eigenvalue weighted by Gasteiger charge is 2.41. The van der Waals surface area contributed by atoms with Gasteiger partial charge in [-0.1, -0.05) is 42.5 Å². The van der Waals surface area contributed by atoms with Crippen LogP contribution in [0.2, 0.25) is 0 Å². The number of nitrogens with one attached hydrogen (secondary N) is 1. The zero-order valence-corrected chi connectivity index (χ0v) is 17.5. The molecule has 1 atom stereocenters.